The largest absolute Gasteiger partial charge is 0.463 e. The van der Waals surface area contributed by atoms with Crippen LogP contribution >= 0.6 is 23.5 Å². The van der Waals surface area contributed by atoms with E-state index in [1.54, 1.807) is 11.7 Å². The molecule has 3 atom stereocenters. The molecule has 0 spiro atoms. The molecule has 1 amide bonds. The molecule has 0 aromatic carbocycles. The summed E-state index contributed by atoms with van der Waals surface area (Å²) in [5.74, 6) is -1.25. The van der Waals surface area contributed by atoms with Gasteiger partial charge in [0.1, 0.15) is 5.37 Å². The van der Waals surface area contributed by atoms with E-state index in [0.717, 1.165) is 22.7 Å². The molecule has 1 saturated heterocycles. The summed E-state index contributed by atoms with van der Waals surface area (Å²) in [7, 11) is -1.84. The zero-order valence-electron chi connectivity index (χ0n) is 24.0. The number of ether oxygens (including phenoxy) is 1. The van der Waals surface area contributed by atoms with Crippen LogP contribution in [0.4, 0.5) is 0 Å². The van der Waals surface area contributed by atoms with E-state index >= 15 is 0 Å². The van der Waals surface area contributed by atoms with Crippen LogP contribution in [0, 0.1) is 5.92 Å². The minimum Gasteiger partial charge on any atom is -0.463 e. The van der Waals surface area contributed by atoms with Crippen molar-refractivity contribution in [3.63, 3.8) is 0 Å². The van der Waals surface area contributed by atoms with Gasteiger partial charge in [-0.25, -0.2) is 9.48 Å². The number of hydrogen-bond donors (Lipinski definition) is 1. The first-order valence-electron chi connectivity index (χ1n) is 12.8. The number of thioether (sulfide) groups is 2. The highest BCUT2D eigenvalue weighted by atomic mass is 32.2. The second kappa shape index (κ2) is 13.4. The van der Waals surface area contributed by atoms with Crippen LogP contribution in [0.1, 0.15) is 33.6 Å². The first-order valence-corrected chi connectivity index (χ1v) is 21.3. The minimum atomic E-state index is -2.15. The Kier molecular flexibility index (Phi) is 11.6. The molecule has 1 fully saturated rings. The monoisotopic (exact) mass is 605 g/mol. The molecule has 0 saturated carbocycles. The van der Waals surface area contributed by atoms with Crippen LogP contribution in [0.15, 0.2) is 5.16 Å². The first kappa shape index (κ1) is 32.9. The van der Waals surface area contributed by atoms with Crippen molar-refractivity contribution in [3.05, 3.63) is 0 Å². The van der Waals surface area contributed by atoms with Crippen LogP contribution in [0.25, 0.3) is 0 Å². The van der Waals surface area contributed by atoms with Gasteiger partial charge in [0.15, 0.2) is 13.4 Å². The van der Waals surface area contributed by atoms with Crippen molar-refractivity contribution in [2.75, 3.05) is 19.0 Å². The van der Waals surface area contributed by atoms with Crippen molar-refractivity contribution in [2.45, 2.75) is 94.2 Å². The van der Waals surface area contributed by atoms with Crippen LogP contribution in [-0.4, -0.2) is 94.2 Å². The number of aryl methyl sites for hydroxylation is 1. The summed E-state index contributed by atoms with van der Waals surface area (Å²) in [6.07, 6.45) is -0.887. The van der Waals surface area contributed by atoms with Crippen molar-refractivity contribution in [3.8, 4) is 0 Å². The second-order valence-corrected chi connectivity index (χ2v) is 24.9. The standard InChI is InChI=1S/C23H43N5O6S2Si2/c1-23(2,3)38(8,9)34-15-16-18(30)28(19(31)21(32)33-12-14-37(5,6)7)20(16)36-17(29)11-10-13-35-22-24-25-26-27(22)4/h16,19-20,31H,10-15H2,1-9H3/t16-,19?,20+/m0/s1. The number of rotatable bonds is 14. The Bertz CT molecular complexity index is 982. The summed E-state index contributed by atoms with van der Waals surface area (Å²) in [4.78, 5) is 39.6. The van der Waals surface area contributed by atoms with Gasteiger partial charge in [0, 0.05) is 33.9 Å². The number of carbonyl (C=O) groups is 3. The fraction of sp³-hybridized carbons (Fsp3) is 0.826. The molecule has 1 N–H and O–H groups in total. The Morgan fingerprint density at radius 1 is 1.18 bits per heavy atom. The summed E-state index contributed by atoms with van der Waals surface area (Å²) >= 11 is 2.43. The fourth-order valence-corrected chi connectivity index (χ4v) is 6.94. The van der Waals surface area contributed by atoms with Crippen LogP contribution in [0.3, 0.4) is 0 Å². The molecule has 1 aromatic heterocycles. The molecule has 38 heavy (non-hydrogen) atoms. The molecule has 2 rings (SSSR count). The van der Waals surface area contributed by atoms with Gasteiger partial charge in [-0.15, -0.1) is 5.10 Å². The van der Waals surface area contributed by atoms with E-state index in [9.17, 15) is 19.5 Å². The Labute approximate surface area is 236 Å². The molecule has 11 nitrogen and oxygen atoms in total. The van der Waals surface area contributed by atoms with E-state index in [0.29, 0.717) is 17.3 Å². The second-order valence-electron chi connectivity index (χ2n) is 12.2. The normalized spacial score (nSPS) is 19.3. The number of carbonyl (C=O) groups excluding carboxylic acids is 3. The maximum Gasteiger partial charge on any atom is 0.356 e. The molecule has 1 aromatic rings. The van der Waals surface area contributed by atoms with Gasteiger partial charge in [-0.3, -0.25) is 14.5 Å². The van der Waals surface area contributed by atoms with Gasteiger partial charge in [0.05, 0.1) is 12.5 Å². The zero-order chi connectivity index (χ0) is 28.9. The lowest BCUT2D eigenvalue weighted by Crippen LogP contribution is -2.67. The molecule has 1 aliphatic rings. The molecule has 1 aliphatic heterocycles. The number of amides is 1. The molecule has 1 unspecified atom stereocenters. The number of aliphatic hydroxyl groups is 1. The Hall–Kier alpha value is -1.27. The van der Waals surface area contributed by atoms with E-state index in [2.05, 4.69) is 69.0 Å². The number of esters is 1. The third-order valence-corrected chi connectivity index (χ3v) is 15.3. The minimum absolute atomic E-state index is 0.0481. The van der Waals surface area contributed by atoms with Crippen LogP contribution < -0.4 is 0 Å². The van der Waals surface area contributed by atoms with E-state index in [1.165, 1.54) is 11.8 Å². The van der Waals surface area contributed by atoms with Crippen LogP contribution in [0.2, 0.25) is 43.8 Å². The molecule has 0 bridgehead atoms. The highest BCUT2D eigenvalue weighted by Gasteiger charge is 2.54. The van der Waals surface area contributed by atoms with E-state index in [1.807, 2.05) is 0 Å². The lowest BCUT2D eigenvalue weighted by Gasteiger charge is -2.48. The van der Waals surface area contributed by atoms with Gasteiger partial charge in [-0.1, -0.05) is 63.9 Å². The highest BCUT2D eigenvalue weighted by Crippen LogP contribution is 2.41. The SMILES string of the molecule is Cn1nnnc1SCCCC(=O)S[C@@H]1[C@@H](CO[Si](C)(C)C(C)(C)C)C(=O)N1C(O)C(=O)OCC[Si](C)(C)C. The predicted octanol–water partition coefficient (Wildman–Crippen LogP) is 3.35. The number of hydrogen-bond acceptors (Lipinski definition) is 11. The van der Waals surface area contributed by atoms with Crippen molar-refractivity contribution in [1.29, 1.82) is 0 Å². The first-order chi connectivity index (χ1) is 17.4. The highest BCUT2D eigenvalue weighted by molar-refractivity contribution is 8.14. The van der Waals surface area contributed by atoms with Crippen molar-refractivity contribution >= 4 is 56.9 Å². The van der Waals surface area contributed by atoms with Gasteiger partial charge in [0.2, 0.25) is 17.3 Å². The van der Waals surface area contributed by atoms with E-state index < -0.39 is 45.8 Å². The summed E-state index contributed by atoms with van der Waals surface area (Å²) in [5, 5.41) is 21.8. The molecular formula is C23H43N5O6S2Si2. The van der Waals surface area contributed by atoms with Crippen molar-refractivity contribution in [2.24, 2.45) is 13.0 Å². The summed E-state index contributed by atoms with van der Waals surface area (Å²) in [6, 6.07) is 0.751. The van der Waals surface area contributed by atoms with Gasteiger partial charge < -0.3 is 14.3 Å². The average Bonchev–Trinajstić information content (AvgIpc) is 3.19. The average molecular weight is 606 g/mol. The molecule has 216 valence electrons. The molecule has 0 radical (unpaired) electrons. The lowest BCUT2D eigenvalue weighted by atomic mass is 9.99. The van der Waals surface area contributed by atoms with Gasteiger partial charge in [0.25, 0.3) is 0 Å². The van der Waals surface area contributed by atoms with E-state index in [4.69, 9.17) is 9.16 Å². The molecule has 2 heterocycles. The van der Waals surface area contributed by atoms with Gasteiger partial charge in [-0.05, 0) is 41.0 Å². The fourth-order valence-electron chi connectivity index (χ4n) is 3.18. The zero-order valence-corrected chi connectivity index (χ0v) is 27.6. The number of β-lactam (4-membered cyclic amide) rings is 1. The molecular weight excluding hydrogens is 563 g/mol. The number of aromatic nitrogens is 4. The number of tetrazole rings is 1. The summed E-state index contributed by atoms with van der Waals surface area (Å²) in [6.45, 7) is 17.3. The van der Waals surface area contributed by atoms with Crippen molar-refractivity contribution in [1.82, 2.24) is 25.1 Å². The predicted molar refractivity (Wildman–Crippen MR) is 154 cm³/mol. The van der Waals surface area contributed by atoms with Crippen molar-refractivity contribution < 1.29 is 28.7 Å². The maximum atomic E-state index is 13.1. The number of likely N-dealkylation sites (tertiary alicyclic amines) is 1. The van der Waals surface area contributed by atoms with Gasteiger partial charge in [-0.2, -0.15) is 0 Å². The smallest absolute Gasteiger partial charge is 0.356 e. The van der Waals surface area contributed by atoms with Crippen LogP contribution in [-0.2, 0) is 30.6 Å². The maximum absolute atomic E-state index is 13.1. The Morgan fingerprint density at radius 2 is 1.84 bits per heavy atom. The number of aliphatic hydroxyl groups excluding tert-OH is 1. The topological polar surface area (TPSA) is 137 Å². The Balaban J connectivity index is 2.02. The van der Waals surface area contributed by atoms with E-state index in [-0.39, 0.29) is 29.8 Å². The van der Waals surface area contributed by atoms with Crippen LogP contribution in [0.5, 0.6) is 0 Å². The Morgan fingerprint density at radius 3 is 2.39 bits per heavy atom. The third-order valence-electron chi connectivity index (χ3n) is 6.78. The molecule has 0 aliphatic carbocycles. The quantitative estimate of drug-likeness (QED) is 0.110. The molecule has 15 heteroatoms. The lowest BCUT2D eigenvalue weighted by molar-refractivity contribution is -0.186. The number of nitrogens with zero attached hydrogens (tertiary/aromatic N) is 5. The third kappa shape index (κ3) is 9.15. The van der Waals surface area contributed by atoms with Gasteiger partial charge >= 0.3 is 5.97 Å². The summed E-state index contributed by atoms with van der Waals surface area (Å²) in [5.41, 5.74) is 0. The summed E-state index contributed by atoms with van der Waals surface area (Å²) < 4.78 is 13.1.